The molecule has 7 heteroatoms. The number of hydrogen-bond acceptors (Lipinski definition) is 4. The molecule has 0 radical (unpaired) electrons. The van der Waals surface area contributed by atoms with Gasteiger partial charge in [-0.05, 0) is 27.1 Å². The normalized spacial score (nSPS) is 10.2. The van der Waals surface area contributed by atoms with E-state index in [1.54, 1.807) is 7.05 Å². The zero-order chi connectivity index (χ0) is 14.1. The predicted octanol–water partition coefficient (Wildman–Crippen LogP) is -0.0291. The maximum absolute atomic E-state index is 11.5. The van der Waals surface area contributed by atoms with Crippen molar-refractivity contribution < 1.29 is 19.5 Å². The van der Waals surface area contributed by atoms with E-state index >= 15 is 0 Å². The first kappa shape index (κ1) is 16.4. The first-order valence-electron chi connectivity index (χ1n) is 5.74. The van der Waals surface area contributed by atoms with E-state index in [9.17, 15) is 14.4 Å². The Morgan fingerprint density at radius 1 is 1.06 bits per heavy atom. The van der Waals surface area contributed by atoms with Gasteiger partial charge in [-0.2, -0.15) is 0 Å². The van der Waals surface area contributed by atoms with Crippen LogP contribution in [-0.4, -0.2) is 67.0 Å². The van der Waals surface area contributed by atoms with Gasteiger partial charge in [-0.3, -0.25) is 14.9 Å². The molecule has 0 spiro atoms. The molecule has 0 aliphatic heterocycles. The number of carboxylic acid groups (broad SMARTS) is 1. The summed E-state index contributed by atoms with van der Waals surface area (Å²) in [5.41, 5.74) is 0. The van der Waals surface area contributed by atoms with E-state index < -0.39 is 17.9 Å². The first-order valence-corrected chi connectivity index (χ1v) is 5.74. The van der Waals surface area contributed by atoms with Crippen LogP contribution in [0.15, 0.2) is 0 Å². The monoisotopic (exact) mass is 259 g/mol. The predicted molar refractivity (Wildman–Crippen MR) is 66.2 cm³/mol. The van der Waals surface area contributed by atoms with Crippen molar-refractivity contribution in [2.45, 2.75) is 19.3 Å². The van der Waals surface area contributed by atoms with Crippen molar-refractivity contribution in [3.8, 4) is 0 Å². The molecule has 0 unspecified atom stereocenters. The Morgan fingerprint density at radius 2 is 1.67 bits per heavy atom. The maximum Gasteiger partial charge on any atom is 0.323 e. The Labute approximate surface area is 107 Å². The number of rotatable bonds is 7. The lowest BCUT2D eigenvalue weighted by atomic mass is 10.3. The van der Waals surface area contributed by atoms with Gasteiger partial charge in [0.2, 0.25) is 5.91 Å². The van der Waals surface area contributed by atoms with Crippen molar-refractivity contribution in [3.63, 3.8) is 0 Å². The van der Waals surface area contributed by atoms with Gasteiger partial charge in [0.1, 0.15) is 0 Å². The van der Waals surface area contributed by atoms with Crippen molar-refractivity contribution in [2.75, 3.05) is 34.2 Å². The fraction of sp³-hybridized carbons (Fsp3) is 0.727. The third kappa shape index (κ3) is 8.51. The zero-order valence-electron chi connectivity index (χ0n) is 11.1. The highest BCUT2D eigenvalue weighted by Gasteiger charge is 2.13. The molecule has 7 nitrogen and oxygen atoms in total. The summed E-state index contributed by atoms with van der Waals surface area (Å²) in [7, 11) is 5.47. The van der Waals surface area contributed by atoms with Crippen LogP contribution in [0.1, 0.15) is 19.3 Å². The van der Waals surface area contributed by atoms with Gasteiger partial charge in [0.05, 0.1) is 6.42 Å². The smallest absolute Gasteiger partial charge is 0.323 e. The van der Waals surface area contributed by atoms with Crippen LogP contribution in [0.3, 0.4) is 0 Å². The Morgan fingerprint density at radius 3 is 2.17 bits per heavy atom. The molecule has 0 rings (SSSR count). The Hall–Kier alpha value is -1.63. The molecule has 2 N–H and O–H groups in total. The van der Waals surface area contributed by atoms with E-state index in [2.05, 4.69) is 5.32 Å². The molecule has 0 aliphatic carbocycles. The number of urea groups is 1. The van der Waals surface area contributed by atoms with Crippen LogP contribution in [0.25, 0.3) is 0 Å². The average molecular weight is 259 g/mol. The van der Waals surface area contributed by atoms with Crippen molar-refractivity contribution in [1.82, 2.24) is 15.1 Å². The highest BCUT2D eigenvalue weighted by molar-refractivity contribution is 5.95. The van der Waals surface area contributed by atoms with E-state index in [0.29, 0.717) is 6.54 Å². The van der Waals surface area contributed by atoms with E-state index in [1.807, 2.05) is 19.0 Å². The third-order valence-electron chi connectivity index (χ3n) is 2.26. The molecule has 104 valence electrons. The van der Waals surface area contributed by atoms with E-state index in [4.69, 9.17) is 5.11 Å². The summed E-state index contributed by atoms with van der Waals surface area (Å²) >= 11 is 0. The minimum atomic E-state index is -1.06. The molecular formula is C11H21N3O4. The second kappa shape index (κ2) is 8.46. The highest BCUT2D eigenvalue weighted by atomic mass is 16.4. The number of aliphatic carboxylic acids is 1. The largest absolute Gasteiger partial charge is 0.481 e. The minimum Gasteiger partial charge on any atom is -0.481 e. The molecule has 0 bridgehead atoms. The van der Waals surface area contributed by atoms with Gasteiger partial charge in [0, 0.05) is 20.0 Å². The second-order valence-electron chi connectivity index (χ2n) is 4.33. The molecule has 0 saturated carbocycles. The van der Waals surface area contributed by atoms with Gasteiger partial charge < -0.3 is 14.9 Å². The summed E-state index contributed by atoms with van der Waals surface area (Å²) in [6.07, 6.45) is 0.344. The van der Waals surface area contributed by atoms with Crippen LogP contribution in [0.5, 0.6) is 0 Å². The van der Waals surface area contributed by atoms with Crippen LogP contribution in [0.2, 0.25) is 0 Å². The quantitative estimate of drug-likeness (QED) is 0.670. The summed E-state index contributed by atoms with van der Waals surface area (Å²) in [4.78, 5) is 36.4. The lowest BCUT2D eigenvalue weighted by Crippen LogP contribution is -2.41. The van der Waals surface area contributed by atoms with Gasteiger partial charge in [-0.15, -0.1) is 0 Å². The van der Waals surface area contributed by atoms with Crippen molar-refractivity contribution >= 4 is 17.9 Å². The molecule has 0 aliphatic rings. The lowest BCUT2D eigenvalue weighted by molar-refractivity contribution is -0.138. The number of nitrogens with one attached hydrogen (secondary N) is 1. The first-order chi connectivity index (χ1) is 8.32. The van der Waals surface area contributed by atoms with Crippen molar-refractivity contribution in [1.29, 1.82) is 0 Å². The number of hydrogen-bond donors (Lipinski definition) is 2. The molecule has 0 saturated heterocycles. The summed E-state index contributed by atoms with van der Waals surface area (Å²) in [6, 6.07) is -0.496. The molecule has 18 heavy (non-hydrogen) atoms. The van der Waals surface area contributed by atoms with Gasteiger partial charge in [-0.25, -0.2) is 4.79 Å². The van der Waals surface area contributed by atoms with Gasteiger partial charge in [0.15, 0.2) is 0 Å². The van der Waals surface area contributed by atoms with Crippen LogP contribution >= 0.6 is 0 Å². The SMILES string of the molecule is CN(C)CCCN(C)C(=O)NC(=O)CCC(=O)O. The average Bonchev–Trinajstić information content (AvgIpc) is 2.25. The number of carbonyl (C=O) groups is 3. The highest BCUT2D eigenvalue weighted by Crippen LogP contribution is 1.93. The number of imide groups is 1. The van der Waals surface area contributed by atoms with E-state index in [0.717, 1.165) is 13.0 Å². The van der Waals surface area contributed by atoms with Crippen LogP contribution in [0.4, 0.5) is 4.79 Å². The fourth-order valence-corrected chi connectivity index (χ4v) is 1.22. The third-order valence-corrected chi connectivity index (χ3v) is 2.26. The standard InChI is InChI=1S/C11H21N3O4/c1-13(2)7-4-8-14(3)11(18)12-9(15)5-6-10(16)17/h4-8H2,1-3H3,(H,16,17)(H,12,15,18). The molecule has 3 amide bonds. The molecule has 0 aromatic heterocycles. The maximum atomic E-state index is 11.5. The summed E-state index contributed by atoms with van der Waals surface area (Å²) < 4.78 is 0. The summed E-state index contributed by atoms with van der Waals surface area (Å²) in [6.45, 7) is 1.39. The van der Waals surface area contributed by atoms with Crippen LogP contribution in [0, 0.1) is 0 Å². The Kier molecular flexibility index (Phi) is 7.69. The zero-order valence-corrected chi connectivity index (χ0v) is 11.1. The van der Waals surface area contributed by atoms with Gasteiger partial charge >= 0.3 is 12.0 Å². The van der Waals surface area contributed by atoms with Crippen LogP contribution < -0.4 is 5.32 Å². The molecular weight excluding hydrogens is 238 g/mol. The van der Waals surface area contributed by atoms with Crippen LogP contribution in [-0.2, 0) is 9.59 Å². The lowest BCUT2D eigenvalue weighted by Gasteiger charge is -2.18. The number of amides is 3. The number of carbonyl (C=O) groups excluding carboxylic acids is 2. The topological polar surface area (TPSA) is 90.0 Å². The molecule has 0 aromatic rings. The van der Waals surface area contributed by atoms with Crippen molar-refractivity contribution in [3.05, 3.63) is 0 Å². The molecule has 0 aromatic carbocycles. The minimum absolute atomic E-state index is 0.188. The second-order valence-corrected chi connectivity index (χ2v) is 4.33. The van der Waals surface area contributed by atoms with Crippen molar-refractivity contribution in [2.24, 2.45) is 0 Å². The van der Waals surface area contributed by atoms with Gasteiger partial charge in [-0.1, -0.05) is 0 Å². The molecule has 0 heterocycles. The number of nitrogens with zero attached hydrogens (tertiary/aromatic N) is 2. The summed E-state index contributed by atoms with van der Waals surface area (Å²) in [5.74, 6) is -1.63. The van der Waals surface area contributed by atoms with E-state index in [-0.39, 0.29) is 12.8 Å². The van der Waals surface area contributed by atoms with Gasteiger partial charge in [0.25, 0.3) is 0 Å². The fourth-order valence-electron chi connectivity index (χ4n) is 1.22. The molecule has 0 fully saturated rings. The molecule has 0 atom stereocenters. The summed E-state index contributed by atoms with van der Waals surface area (Å²) in [5, 5.41) is 10.5. The van der Waals surface area contributed by atoms with E-state index in [1.165, 1.54) is 4.90 Å². The Balaban J connectivity index is 3.85. The number of carboxylic acids is 1. The Bertz CT molecular complexity index is 305.